The number of aryl methyl sites for hydroxylation is 1. The quantitative estimate of drug-likeness (QED) is 0.484. The lowest BCUT2D eigenvalue weighted by Gasteiger charge is -2.35. The van der Waals surface area contributed by atoms with Crippen LogP contribution in [0.15, 0.2) is 60.7 Å². The molecule has 1 heteroatoms. The lowest BCUT2D eigenvalue weighted by atomic mass is 9.69. The average Bonchev–Trinajstić information content (AvgIpc) is 2.62. The van der Waals surface area contributed by atoms with Crippen LogP contribution in [0.2, 0.25) is 5.02 Å². The Morgan fingerprint density at radius 3 is 2.54 bits per heavy atom. The summed E-state index contributed by atoms with van der Waals surface area (Å²) in [6.07, 6.45) is 5.02. The molecule has 1 aliphatic rings. The van der Waals surface area contributed by atoms with Crippen molar-refractivity contribution in [3.8, 4) is 0 Å². The van der Waals surface area contributed by atoms with Gasteiger partial charge >= 0.3 is 0 Å². The van der Waals surface area contributed by atoms with E-state index in [2.05, 4.69) is 55.5 Å². The fraction of sp³-hybridized carbons (Fsp3) is 0.304. The van der Waals surface area contributed by atoms with Gasteiger partial charge in [0.15, 0.2) is 0 Å². The van der Waals surface area contributed by atoms with Gasteiger partial charge in [-0.25, -0.2) is 0 Å². The van der Waals surface area contributed by atoms with Crippen LogP contribution >= 0.6 is 11.6 Å². The molecule has 0 nitrogen and oxygen atoms in total. The van der Waals surface area contributed by atoms with Crippen molar-refractivity contribution < 1.29 is 0 Å². The van der Waals surface area contributed by atoms with Gasteiger partial charge in [-0.15, -0.1) is 0 Å². The molecule has 0 saturated heterocycles. The van der Waals surface area contributed by atoms with E-state index in [0.717, 1.165) is 10.9 Å². The predicted octanol–water partition coefficient (Wildman–Crippen LogP) is 6.99. The first kappa shape index (κ1) is 15.7. The molecule has 0 aliphatic heterocycles. The largest absolute Gasteiger partial charge is 0.0843 e. The number of hydrogen-bond acceptors (Lipinski definition) is 0. The minimum absolute atomic E-state index is 0.496. The molecule has 0 fully saturated rings. The van der Waals surface area contributed by atoms with Gasteiger partial charge in [-0.3, -0.25) is 0 Å². The predicted molar refractivity (Wildman–Crippen MR) is 104 cm³/mol. The maximum atomic E-state index is 6.13. The summed E-state index contributed by atoms with van der Waals surface area (Å²) in [5.41, 5.74) is 4.50. The van der Waals surface area contributed by atoms with Crippen molar-refractivity contribution in [3.05, 3.63) is 82.4 Å². The summed E-state index contributed by atoms with van der Waals surface area (Å²) in [6, 6.07) is 22.0. The number of halogens is 1. The highest BCUT2D eigenvalue weighted by molar-refractivity contribution is 6.30. The van der Waals surface area contributed by atoms with Crippen molar-refractivity contribution in [2.45, 2.75) is 38.5 Å². The van der Waals surface area contributed by atoms with E-state index in [-0.39, 0.29) is 0 Å². The molecule has 0 saturated carbocycles. The number of hydrogen-bond donors (Lipinski definition) is 0. The highest BCUT2D eigenvalue weighted by Crippen LogP contribution is 2.45. The van der Waals surface area contributed by atoms with Gasteiger partial charge in [0, 0.05) is 10.9 Å². The van der Waals surface area contributed by atoms with Crippen LogP contribution in [0.5, 0.6) is 0 Å². The van der Waals surface area contributed by atoms with Gasteiger partial charge in [0.1, 0.15) is 0 Å². The Balaban J connectivity index is 1.88. The standard InChI is InChI=1S/C23H23Cl/c1-2-5-17-11-14-21-20-7-4-3-6-16(20)10-15-22(21)23(17)18-8-12-19(24)13-9-18/h3-4,6-10,12-13,15,17,23H,2,5,11,14H2,1H3. The lowest BCUT2D eigenvalue weighted by molar-refractivity contribution is 0.380. The molecular formula is C23H23Cl. The third kappa shape index (κ3) is 2.74. The monoisotopic (exact) mass is 334 g/mol. The number of fused-ring (bicyclic) bond motifs is 3. The van der Waals surface area contributed by atoms with Crippen LogP contribution in [0.3, 0.4) is 0 Å². The summed E-state index contributed by atoms with van der Waals surface area (Å²) in [5.74, 6) is 1.22. The summed E-state index contributed by atoms with van der Waals surface area (Å²) >= 11 is 6.13. The van der Waals surface area contributed by atoms with E-state index in [0.29, 0.717) is 5.92 Å². The number of rotatable bonds is 3. The first-order valence-electron chi connectivity index (χ1n) is 9.04. The van der Waals surface area contributed by atoms with Gasteiger partial charge in [0.05, 0.1) is 0 Å². The van der Waals surface area contributed by atoms with E-state index in [9.17, 15) is 0 Å². The van der Waals surface area contributed by atoms with Gasteiger partial charge < -0.3 is 0 Å². The van der Waals surface area contributed by atoms with Gasteiger partial charge in [-0.05, 0) is 64.8 Å². The van der Waals surface area contributed by atoms with Gasteiger partial charge in [0.2, 0.25) is 0 Å². The third-order valence-corrected chi connectivity index (χ3v) is 5.79. The molecule has 1 aliphatic carbocycles. The van der Waals surface area contributed by atoms with Crippen molar-refractivity contribution in [1.82, 2.24) is 0 Å². The first-order chi connectivity index (χ1) is 11.8. The van der Waals surface area contributed by atoms with Crippen LogP contribution in [0.1, 0.15) is 48.8 Å². The molecule has 2 atom stereocenters. The van der Waals surface area contributed by atoms with Gasteiger partial charge in [-0.2, -0.15) is 0 Å². The summed E-state index contributed by atoms with van der Waals surface area (Å²) in [5, 5.41) is 3.62. The molecule has 0 aromatic heterocycles. The first-order valence-corrected chi connectivity index (χ1v) is 9.41. The normalized spacial score (nSPS) is 20.1. The van der Waals surface area contributed by atoms with E-state index < -0.39 is 0 Å². The maximum absolute atomic E-state index is 6.13. The Morgan fingerprint density at radius 1 is 0.958 bits per heavy atom. The molecule has 0 amide bonds. The summed E-state index contributed by atoms with van der Waals surface area (Å²) in [4.78, 5) is 0. The molecule has 0 heterocycles. The fourth-order valence-electron chi connectivity index (χ4n) is 4.48. The summed E-state index contributed by atoms with van der Waals surface area (Å²) in [7, 11) is 0. The van der Waals surface area contributed by atoms with Crippen LogP contribution < -0.4 is 0 Å². The van der Waals surface area contributed by atoms with E-state index >= 15 is 0 Å². The highest BCUT2D eigenvalue weighted by Gasteiger charge is 2.31. The molecule has 4 rings (SSSR count). The fourth-order valence-corrected chi connectivity index (χ4v) is 4.60. The Hall–Kier alpha value is -1.79. The van der Waals surface area contributed by atoms with Crippen LogP contribution in [0.25, 0.3) is 10.8 Å². The zero-order valence-electron chi connectivity index (χ0n) is 14.1. The molecule has 2 unspecified atom stereocenters. The minimum atomic E-state index is 0.496. The van der Waals surface area contributed by atoms with Gasteiger partial charge in [-0.1, -0.05) is 73.5 Å². The van der Waals surface area contributed by atoms with Crippen LogP contribution in [0.4, 0.5) is 0 Å². The van der Waals surface area contributed by atoms with Crippen LogP contribution in [-0.2, 0) is 6.42 Å². The molecule has 0 bridgehead atoms. The average molecular weight is 335 g/mol. The zero-order chi connectivity index (χ0) is 16.5. The van der Waals surface area contributed by atoms with E-state index in [1.54, 1.807) is 5.56 Å². The second-order valence-corrected chi connectivity index (χ2v) is 7.41. The summed E-state index contributed by atoms with van der Waals surface area (Å²) < 4.78 is 0. The van der Waals surface area contributed by atoms with Crippen molar-refractivity contribution in [1.29, 1.82) is 0 Å². The highest BCUT2D eigenvalue weighted by atomic mass is 35.5. The molecular weight excluding hydrogens is 312 g/mol. The number of benzene rings is 3. The SMILES string of the molecule is CCCC1CCc2c(ccc3ccccc23)C1c1ccc(Cl)cc1. The second-order valence-electron chi connectivity index (χ2n) is 6.97. The smallest absolute Gasteiger partial charge is 0.0406 e. The molecule has 122 valence electrons. The Labute approximate surface area is 149 Å². The molecule has 0 radical (unpaired) electrons. The van der Waals surface area contributed by atoms with Crippen molar-refractivity contribution in [3.63, 3.8) is 0 Å². The second kappa shape index (κ2) is 6.61. The summed E-state index contributed by atoms with van der Waals surface area (Å²) in [6.45, 7) is 2.30. The molecule has 3 aromatic carbocycles. The van der Waals surface area contributed by atoms with E-state index in [1.165, 1.54) is 47.6 Å². The third-order valence-electron chi connectivity index (χ3n) is 5.54. The van der Waals surface area contributed by atoms with Crippen LogP contribution in [-0.4, -0.2) is 0 Å². The van der Waals surface area contributed by atoms with Crippen molar-refractivity contribution in [2.75, 3.05) is 0 Å². The van der Waals surface area contributed by atoms with Gasteiger partial charge in [0.25, 0.3) is 0 Å². The zero-order valence-corrected chi connectivity index (χ0v) is 14.9. The topological polar surface area (TPSA) is 0 Å². The molecule has 0 spiro atoms. The minimum Gasteiger partial charge on any atom is -0.0843 e. The van der Waals surface area contributed by atoms with Crippen molar-refractivity contribution in [2.24, 2.45) is 5.92 Å². The maximum Gasteiger partial charge on any atom is 0.0406 e. The van der Waals surface area contributed by atoms with Crippen LogP contribution in [0, 0.1) is 5.92 Å². The Kier molecular flexibility index (Phi) is 4.33. The van der Waals surface area contributed by atoms with E-state index in [1.807, 2.05) is 12.1 Å². The molecule has 24 heavy (non-hydrogen) atoms. The van der Waals surface area contributed by atoms with E-state index in [4.69, 9.17) is 11.6 Å². The lowest BCUT2D eigenvalue weighted by Crippen LogP contribution is -2.22. The Morgan fingerprint density at radius 2 is 1.75 bits per heavy atom. The molecule has 0 N–H and O–H groups in total. The van der Waals surface area contributed by atoms with Crippen molar-refractivity contribution >= 4 is 22.4 Å². The molecule has 3 aromatic rings. The Bertz CT molecular complexity index is 848.